The van der Waals surface area contributed by atoms with Crippen molar-refractivity contribution in [2.75, 3.05) is 5.43 Å². The summed E-state index contributed by atoms with van der Waals surface area (Å²) in [5.74, 6) is 5.39. The number of rotatable bonds is 8. The molecule has 4 N–H and O–H groups in total. The highest BCUT2D eigenvalue weighted by molar-refractivity contribution is 5.92. The Bertz CT molecular complexity index is 396. The molecule has 0 saturated carbocycles. The third-order valence-corrected chi connectivity index (χ3v) is 2.88. The first-order valence-corrected chi connectivity index (χ1v) is 6.77. The molecule has 1 aromatic heterocycles. The Kier molecular flexibility index (Phi) is 6.81. The molecule has 106 valence electrons. The molecule has 0 saturated heterocycles. The molecule has 6 nitrogen and oxygen atoms in total. The van der Waals surface area contributed by atoms with E-state index in [2.05, 4.69) is 27.6 Å². The van der Waals surface area contributed by atoms with Gasteiger partial charge in [0.2, 0.25) is 0 Å². The minimum absolute atomic E-state index is 0.139. The number of unbranched alkanes of at least 4 members (excludes halogenated alkanes) is 3. The zero-order valence-electron chi connectivity index (χ0n) is 11.6. The number of nitrogens with one attached hydrogen (secondary N) is 2. The molecule has 0 aromatic carbocycles. The van der Waals surface area contributed by atoms with E-state index in [1.807, 2.05) is 6.92 Å². The number of nitrogen functional groups attached to an aromatic ring is 1. The number of anilines is 1. The van der Waals surface area contributed by atoms with Crippen LogP contribution in [0.25, 0.3) is 0 Å². The molecule has 0 bridgehead atoms. The molecule has 1 atom stereocenters. The lowest BCUT2D eigenvalue weighted by molar-refractivity contribution is 0.0932. The van der Waals surface area contributed by atoms with Crippen LogP contribution in [0.2, 0.25) is 0 Å². The molecular formula is C13H23N5O. The molecule has 0 aliphatic heterocycles. The van der Waals surface area contributed by atoms with Crippen LogP contribution < -0.4 is 16.6 Å². The topological polar surface area (TPSA) is 92.9 Å². The van der Waals surface area contributed by atoms with Gasteiger partial charge in [0.05, 0.1) is 12.4 Å². The maximum atomic E-state index is 11.9. The van der Waals surface area contributed by atoms with Crippen molar-refractivity contribution in [1.82, 2.24) is 15.3 Å². The van der Waals surface area contributed by atoms with Crippen LogP contribution >= 0.6 is 0 Å². The lowest BCUT2D eigenvalue weighted by Crippen LogP contribution is -2.33. The smallest absolute Gasteiger partial charge is 0.271 e. The number of carbonyl (C=O) groups excluding carboxylic acids is 1. The van der Waals surface area contributed by atoms with Gasteiger partial charge in [0.1, 0.15) is 5.69 Å². The van der Waals surface area contributed by atoms with Crippen molar-refractivity contribution < 1.29 is 4.79 Å². The largest absolute Gasteiger partial charge is 0.348 e. The Morgan fingerprint density at radius 2 is 2.16 bits per heavy atom. The van der Waals surface area contributed by atoms with Crippen molar-refractivity contribution in [2.24, 2.45) is 5.84 Å². The minimum Gasteiger partial charge on any atom is -0.348 e. The van der Waals surface area contributed by atoms with Gasteiger partial charge in [0.25, 0.3) is 5.91 Å². The maximum Gasteiger partial charge on any atom is 0.271 e. The third-order valence-electron chi connectivity index (χ3n) is 2.88. The zero-order chi connectivity index (χ0) is 14.1. The second-order valence-electron chi connectivity index (χ2n) is 4.66. The van der Waals surface area contributed by atoms with Crippen molar-refractivity contribution in [2.45, 2.75) is 52.0 Å². The Hall–Kier alpha value is -1.69. The average Bonchev–Trinajstić information content (AvgIpc) is 2.43. The summed E-state index contributed by atoms with van der Waals surface area (Å²) in [5.41, 5.74) is 2.64. The molecule has 1 heterocycles. The minimum atomic E-state index is -0.215. The molecule has 1 unspecified atom stereocenters. The van der Waals surface area contributed by atoms with E-state index in [0.29, 0.717) is 5.82 Å². The van der Waals surface area contributed by atoms with Crippen molar-refractivity contribution in [3.63, 3.8) is 0 Å². The number of hydrazine groups is 1. The zero-order valence-corrected chi connectivity index (χ0v) is 11.6. The monoisotopic (exact) mass is 265 g/mol. The highest BCUT2D eigenvalue weighted by Gasteiger charge is 2.11. The van der Waals surface area contributed by atoms with Crippen molar-refractivity contribution in [3.05, 3.63) is 18.1 Å². The van der Waals surface area contributed by atoms with Crippen LogP contribution in [-0.4, -0.2) is 21.9 Å². The normalized spacial score (nSPS) is 11.9. The summed E-state index contributed by atoms with van der Waals surface area (Å²) >= 11 is 0. The SMILES string of the molecule is CCCCCCC(C)NC(=O)c1cncc(NN)n1. The number of aromatic nitrogens is 2. The summed E-state index contributed by atoms with van der Waals surface area (Å²) in [6, 6.07) is 0.139. The van der Waals surface area contributed by atoms with Crippen LogP contribution in [-0.2, 0) is 0 Å². The van der Waals surface area contributed by atoms with E-state index in [1.165, 1.54) is 31.7 Å². The van der Waals surface area contributed by atoms with Gasteiger partial charge < -0.3 is 10.7 Å². The van der Waals surface area contributed by atoms with Crippen molar-refractivity contribution in [3.8, 4) is 0 Å². The van der Waals surface area contributed by atoms with Gasteiger partial charge in [0, 0.05) is 6.04 Å². The van der Waals surface area contributed by atoms with Gasteiger partial charge in [-0.25, -0.2) is 10.8 Å². The summed E-state index contributed by atoms with van der Waals surface area (Å²) in [5, 5.41) is 2.91. The van der Waals surface area contributed by atoms with E-state index in [1.54, 1.807) is 0 Å². The Labute approximate surface area is 114 Å². The van der Waals surface area contributed by atoms with E-state index in [-0.39, 0.29) is 17.6 Å². The molecule has 19 heavy (non-hydrogen) atoms. The molecule has 0 radical (unpaired) electrons. The lowest BCUT2D eigenvalue weighted by Gasteiger charge is -2.13. The van der Waals surface area contributed by atoms with Gasteiger partial charge in [0.15, 0.2) is 5.82 Å². The molecule has 0 aliphatic rings. The molecule has 1 amide bonds. The Morgan fingerprint density at radius 1 is 1.37 bits per heavy atom. The number of amides is 1. The molecule has 1 rings (SSSR count). The predicted molar refractivity (Wildman–Crippen MR) is 75.5 cm³/mol. The lowest BCUT2D eigenvalue weighted by atomic mass is 10.1. The van der Waals surface area contributed by atoms with Crippen molar-refractivity contribution >= 4 is 11.7 Å². The number of nitrogens with two attached hydrogens (primary N) is 1. The van der Waals surface area contributed by atoms with Gasteiger partial charge in [-0.3, -0.25) is 9.78 Å². The van der Waals surface area contributed by atoms with E-state index in [4.69, 9.17) is 5.84 Å². The van der Waals surface area contributed by atoms with Gasteiger partial charge >= 0.3 is 0 Å². The van der Waals surface area contributed by atoms with Gasteiger partial charge in [-0.1, -0.05) is 32.6 Å². The second-order valence-corrected chi connectivity index (χ2v) is 4.66. The van der Waals surface area contributed by atoms with E-state index in [0.717, 1.165) is 12.8 Å². The van der Waals surface area contributed by atoms with Gasteiger partial charge in [-0.15, -0.1) is 0 Å². The quantitative estimate of drug-likeness (QED) is 0.379. The van der Waals surface area contributed by atoms with Crippen LogP contribution in [0.15, 0.2) is 12.4 Å². The Morgan fingerprint density at radius 3 is 2.84 bits per heavy atom. The summed E-state index contributed by atoms with van der Waals surface area (Å²) in [6.45, 7) is 4.19. The number of carbonyl (C=O) groups is 1. The summed E-state index contributed by atoms with van der Waals surface area (Å²) in [6.07, 6.45) is 8.68. The highest BCUT2D eigenvalue weighted by Crippen LogP contribution is 2.06. The summed E-state index contributed by atoms with van der Waals surface area (Å²) in [4.78, 5) is 19.9. The van der Waals surface area contributed by atoms with Gasteiger partial charge in [-0.2, -0.15) is 0 Å². The fourth-order valence-electron chi connectivity index (χ4n) is 1.79. The first kappa shape index (κ1) is 15.4. The summed E-state index contributed by atoms with van der Waals surface area (Å²) < 4.78 is 0. The van der Waals surface area contributed by atoms with E-state index >= 15 is 0 Å². The average molecular weight is 265 g/mol. The third kappa shape index (κ3) is 5.65. The molecule has 0 fully saturated rings. The van der Waals surface area contributed by atoms with Crippen LogP contribution in [0.3, 0.4) is 0 Å². The number of nitrogens with zero attached hydrogens (tertiary/aromatic N) is 2. The molecule has 0 aliphatic carbocycles. The molecule has 1 aromatic rings. The number of hydrogen-bond donors (Lipinski definition) is 3. The number of hydrogen-bond acceptors (Lipinski definition) is 5. The van der Waals surface area contributed by atoms with Crippen LogP contribution in [0.5, 0.6) is 0 Å². The van der Waals surface area contributed by atoms with E-state index in [9.17, 15) is 4.79 Å². The molecule has 0 spiro atoms. The maximum absolute atomic E-state index is 11.9. The first-order valence-electron chi connectivity index (χ1n) is 6.77. The fraction of sp³-hybridized carbons (Fsp3) is 0.615. The predicted octanol–water partition coefficient (Wildman–Crippen LogP) is 1.85. The van der Waals surface area contributed by atoms with Crippen LogP contribution in [0, 0.1) is 0 Å². The second kappa shape index (κ2) is 8.42. The highest BCUT2D eigenvalue weighted by atomic mass is 16.1. The van der Waals surface area contributed by atoms with Gasteiger partial charge in [-0.05, 0) is 13.3 Å². The standard InChI is InChI=1S/C13H23N5O/c1-3-4-5-6-7-10(2)16-13(19)11-8-15-9-12(17-11)18-14/h8-10H,3-7,14H2,1-2H3,(H,16,19)(H,17,18). The van der Waals surface area contributed by atoms with Crippen LogP contribution in [0.1, 0.15) is 56.4 Å². The first-order chi connectivity index (χ1) is 9.17. The molecular weight excluding hydrogens is 242 g/mol. The molecule has 6 heteroatoms. The Balaban J connectivity index is 2.40. The van der Waals surface area contributed by atoms with Crippen LogP contribution in [0.4, 0.5) is 5.82 Å². The fourth-order valence-corrected chi connectivity index (χ4v) is 1.79. The van der Waals surface area contributed by atoms with Crippen molar-refractivity contribution in [1.29, 1.82) is 0 Å². The summed E-state index contributed by atoms with van der Waals surface area (Å²) in [7, 11) is 0. The van der Waals surface area contributed by atoms with E-state index < -0.39 is 0 Å².